The fourth-order valence-electron chi connectivity index (χ4n) is 3.88. The first-order valence-corrected chi connectivity index (χ1v) is 10.0. The molecule has 0 saturated carbocycles. The Kier molecular flexibility index (Phi) is 4.16. The molecule has 0 spiro atoms. The molecule has 1 unspecified atom stereocenters. The lowest BCUT2D eigenvalue weighted by molar-refractivity contribution is 0.120. The van der Waals surface area contributed by atoms with E-state index in [-0.39, 0.29) is 37.0 Å². The van der Waals surface area contributed by atoms with Crippen molar-refractivity contribution in [2.75, 3.05) is 13.2 Å². The normalized spacial score (nSPS) is 27.4. The maximum Gasteiger partial charge on any atom is 0.152 e. The number of rotatable bonds is 4. The van der Waals surface area contributed by atoms with Crippen LogP contribution in [0.2, 0.25) is 0 Å². The lowest BCUT2D eigenvalue weighted by Gasteiger charge is -2.28. The van der Waals surface area contributed by atoms with E-state index in [1.807, 2.05) is 55.5 Å². The molecule has 0 radical (unpaired) electrons. The van der Waals surface area contributed by atoms with Gasteiger partial charge < -0.3 is 14.4 Å². The second-order valence-electron chi connectivity index (χ2n) is 6.77. The highest BCUT2D eigenvalue weighted by molar-refractivity contribution is 7.94. The van der Waals surface area contributed by atoms with E-state index in [1.54, 1.807) is 0 Å². The van der Waals surface area contributed by atoms with Crippen molar-refractivity contribution in [1.29, 1.82) is 0 Å². The van der Waals surface area contributed by atoms with Gasteiger partial charge in [0.25, 0.3) is 0 Å². The molecule has 1 N–H and O–H groups in total. The van der Waals surface area contributed by atoms with E-state index in [2.05, 4.69) is 0 Å². The molecular formula is C19H21NO4S. The molecule has 6 heteroatoms. The molecule has 1 fully saturated rings. The fraction of sp³-hybridized carbons (Fsp3) is 0.368. The summed E-state index contributed by atoms with van der Waals surface area (Å²) in [6, 6.07) is 14.6. The molecule has 2 aromatic rings. The van der Waals surface area contributed by atoms with E-state index in [0.717, 1.165) is 22.4 Å². The van der Waals surface area contributed by atoms with Crippen LogP contribution in [0.3, 0.4) is 0 Å². The van der Waals surface area contributed by atoms with Gasteiger partial charge in [-0.3, -0.25) is 0 Å². The molecule has 132 valence electrons. The van der Waals surface area contributed by atoms with Crippen molar-refractivity contribution < 1.29 is 18.6 Å². The summed E-state index contributed by atoms with van der Waals surface area (Å²) in [6.45, 7) is 2.15. The third-order valence-corrected chi connectivity index (χ3v) is 6.89. The molecule has 2 aromatic carbocycles. The van der Waals surface area contributed by atoms with E-state index in [4.69, 9.17) is 4.74 Å². The summed E-state index contributed by atoms with van der Waals surface area (Å²) in [5.74, 6) is 0.494. The molecule has 1 saturated heterocycles. The van der Waals surface area contributed by atoms with Crippen molar-refractivity contribution in [2.45, 2.75) is 24.8 Å². The molecule has 25 heavy (non-hydrogen) atoms. The van der Waals surface area contributed by atoms with Gasteiger partial charge in [0.15, 0.2) is 5.75 Å². The van der Waals surface area contributed by atoms with Crippen LogP contribution in [-0.2, 0) is 20.4 Å². The van der Waals surface area contributed by atoms with Crippen molar-refractivity contribution >= 4 is 10.4 Å². The zero-order valence-electron chi connectivity index (χ0n) is 14.0. The topological polar surface area (TPSA) is 72.8 Å². The van der Waals surface area contributed by atoms with Gasteiger partial charge in [0, 0.05) is 17.0 Å². The quantitative estimate of drug-likeness (QED) is 0.851. The van der Waals surface area contributed by atoms with Crippen molar-refractivity contribution in [1.82, 2.24) is 4.31 Å². The Balaban J connectivity index is 1.70. The van der Waals surface area contributed by atoms with Crippen LogP contribution in [-0.4, -0.2) is 33.2 Å². The largest absolute Gasteiger partial charge is 0.597 e. The van der Waals surface area contributed by atoms with Crippen molar-refractivity contribution in [3.05, 3.63) is 65.2 Å². The molecule has 2 aliphatic heterocycles. The van der Waals surface area contributed by atoms with E-state index < -0.39 is 10.4 Å². The zero-order chi connectivity index (χ0) is 17.6. The first-order valence-electron chi connectivity index (χ1n) is 8.42. The fourth-order valence-corrected chi connectivity index (χ4v) is 5.66. The first-order chi connectivity index (χ1) is 12.0. The number of para-hydroxylation sites is 1. The first kappa shape index (κ1) is 16.7. The number of aliphatic hydroxyl groups excluding tert-OH is 1. The Morgan fingerprint density at radius 3 is 2.72 bits per heavy atom. The predicted molar refractivity (Wildman–Crippen MR) is 94.6 cm³/mol. The number of fused-ring (bicyclic) bond motifs is 3. The van der Waals surface area contributed by atoms with Crippen LogP contribution < -0.4 is 4.74 Å². The average molecular weight is 359 g/mol. The summed E-state index contributed by atoms with van der Waals surface area (Å²) in [5.41, 5.74) is 2.65. The maximum absolute atomic E-state index is 13.1. The minimum atomic E-state index is -3.52. The monoisotopic (exact) mass is 359 g/mol. The van der Waals surface area contributed by atoms with Crippen LogP contribution in [0.5, 0.6) is 5.75 Å². The Morgan fingerprint density at radius 2 is 2.00 bits per heavy atom. The summed E-state index contributed by atoms with van der Waals surface area (Å²) in [7, 11) is -3.52. The van der Waals surface area contributed by atoms with Crippen LogP contribution in [0.4, 0.5) is 0 Å². The van der Waals surface area contributed by atoms with Crippen LogP contribution in [0.15, 0.2) is 48.5 Å². The number of benzene rings is 2. The average Bonchev–Trinajstić information content (AvgIpc) is 3.14. The molecule has 0 aromatic heterocycles. The lowest BCUT2D eigenvalue weighted by atomic mass is 9.99. The molecule has 0 aliphatic carbocycles. The second kappa shape index (κ2) is 6.21. The third-order valence-electron chi connectivity index (χ3n) is 5.10. The Hall–Kier alpha value is -1.73. The van der Waals surface area contributed by atoms with Gasteiger partial charge in [-0.15, -0.1) is 4.31 Å². The molecule has 4 atom stereocenters. The van der Waals surface area contributed by atoms with Crippen LogP contribution in [0.25, 0.3) is 0 Å². The standard InChI is InChI=1S/C19H21NO4S/c1-13-6-5-9-16-17-19(24-18(13)16)15(11-21)10-20(17)25(22,23)12-14-7-3-2-4-8-14/h2-9,15,17,19,21H,10-12H2,1H3/t15-,17-,19-/m0/s1. The molecule has 2 heterocycles. The van der Waals surface area contributed by atoms with E-state index in [0.29, 0.717) is 0 Å². The Labute approximate surface area is 148 Å². The van der Waals surface area contributed by atoms with Gasteiger partial charge in [-0.25, -0.2) is 0 Å². The molecule has 4 rings (SSSR count). The summed E-state index contributed by atoms with van der Waals surface area (Å²) < 4.78 is 33.8. The van der Waals surface area contributed by atoms with Crippen molar-refractivity contribution in [3.8, 4) is 5.75 Å². The highest BCUT2D eigenvalue weighted by atomic mass is 32.3. The summed E-state index contributed by atoms with van der Waals surface area (Å²) in [4.78, 5) is 0. The summed E-state index contributed by atoms with van der Waals surface area (Å²) in [5, 5.41) is 9.73. The predicted octanol–water partition coefficient (Wildman–Crippen LogP) is 2.47. The molecular weight excluding hydrogens is 338 g/mol. The number of hydrogen-bond acceptors (Lipinski definition) is 4. The highest BCUT2D eigenvalue weighted by Gasteiger charge is 2.55. The smallest absolute Gasteiger partial charge is 0.152 e. The van der Waals surface area contributed by atoms with Gasteiger partial charge in [-0.05, 0) is 12.5 Å². The van der Waals surface area contributed by atoms with Gasteiger partial charge in [-0.1, -0.05) is 52.7 Å². The number of sulfonamides is 1. The maximum atomic E-state index is 13.1. The molecule has 0 amide bonds. The number of ether oxygens (including phenoxy) is 1. The SMILES string of the molecule is Cc1cccc2c1O[C@H]1[C@H](CO)CN([S+](=O)([O-])Cc3ccccc3)[C@@H]21. The second-order valence-corrected chi connectivity index (χ2v) is 8.70. The number of nitrogens with zero attached hydrogens (tertiary/aromatic N) is 1. The lowest BCUT2D eigenvalue weighted by Crippen LogP contribution is -2.38. The minimum absolute atomic E-state index is 0.0453. The Bertz CT molecular complexity index is 825. The highest BCUT2D eigenvalue weighted by Crippen LogP contribution is 2.50. The summed E-state index contributed by atoms with van der Waals surface area (Å²) >= 11 is 0. The Morgan fingerprint density at radius 1 is 1.24 bits per heavy atom. The van der Waals surface area contributed by atoms with Crippen molar-refractivity contribution in [2.24, 2.45) is 5.92 Å². The van der Waals surface area contributed by atoms with Crippen molar-refractivity contribution in [3.63, 3.8) is 0 Å². The molecule has 2 aliphatic rings. The van der Waals surface area contributed by atoms with E-state index >= 15 is 0 Å². The van der Waals surface area contributed by atoms with Gasteiger partial charge in [0.2, 0.25) is 0 Å². The number of hydrogen-bond donors (Lipinski definition) is 1. The number of aryl methyl sites for hydroxylation is 1. The van der Waals surface area contributed by atoms with Gasteiger partial charge in [-0.2, -0.15) is 0 Å². The zero-order valence-corrected chi connectivity index (χ0v) is 14.8. The molecule has 0 bridgehead atoms. The molecule has 5 nitrogen and oxygen atoms in total. The van der Waals surface area contributed by atoms with E-state index in [9.17, 15) is 13.9 Å². The number of aliphatic hydroxyl groups is 1. The van der Waals surface area contributed by atoms with E-state index in [1.165, 1.54) is 4.31 Å². The third kappa shape index (κ3) is 2.79. The van der Waals surface area contributed by atoms with Gasteiger partial charge >= 0.3 is 0 Å². The van der Waals surface area contributed by atoms with Gasteiger partial charge in [0.05, 0.1) is 13.2 Å². The van der Waals surface area contributed by atoms with Crippen LogP contribution >= 0.6 is 0 Å². The van der Waals surface area contributed by atoms with Crippen LogP contribution in [0.1, 0.15) is 22.7 Å². The van der Waals surface area contributed by atoms with Crippen LogP contribution in [0, 0.1) is 12.8 Å². The minimum Gasteiger partial charge on any atom is -0.597 e. The summed E-state index contributed by atoms with van der Waals surface area (Å²) in [6.07, 6.45) is -0.327. The van der Waals surface area contributed by atoms with Gasteiger partial charge in [0.1, 0.15) is 28.3 Å².